The van der Waals surface area contributed by atoms with E-state index in [9.17, 15) is 18.0 Å². The Hall–Kier alpha value is -2.35. The number of anilines is 1. The minimum Gasteiger partial charge on any atom is -0.457 e. The Morgan fingerprint density at radius 3 is 2.08 bits per heavy atom. The first-order valence-electron chi connectivity index (χ1n) is 7.04. The molecule has 2 aromatic carbocycles. The van der Waals surface area contributed by atoms with Crippen LogP contribution in [0.1, 0.15) is 6.92 Å². The van der Waals surface area contributed by atoms with Crippen molar-refractivity contribution in [3.05, 3.63) is 48.5 Å². The Morgan fingerprint density at radius 1 is 1.04 bits per heavy atom. The molecule has 0 bridgehead atoms. The number of nitrogens with one attached hydrogen (secondary N) is 2. The van der Waals surface area contributed by atoms with Crippen LogP contribution in [-0.2, 0) is 0 Å². The number of rotatable bonds is 5. The van der Waals surface area contributed by atoms with Crippen LogP contribution >= 0.6 is 11.8 Å². The van der Waals surface area contributed by atoms with E-state index in [1.807, 2.05) is 6.92 Å². The summed E-state index contributed by atoms with van der Waals surface area (Å²) in [5, 5.41) is 5.25. The summed E-state index contributed by atoms with van der Waals surface area (Å²) in [6.45, 7) is 2.34. The maximum atomic E-state index is 12.3. The lowest BCUT2D eigenvalue weighted by Crippen LogP contribution is -2.28. The summed E-state index contributed by atoms with van der Waals surface area (Å²) in [6.07, 6.45) is 0. The zero-order valence-electron chi connectivity index (χ0n) is 12.7. The van der Waals surface area contributed by atoms with E-state index in [4.69, 9.17) is 4.74 Å². The molecule has 24 heavy (non-hydrogen) atoms. The Labute approximate surface area is 141 Å². The number of ether oxygens (including phenoxy) is 1. The Bertz CT molecular complexity index is 673. The van der Waals surface area contributed by atoms with Crippen molar-refractivity contribution in [2.45, 2.75) is 17.3 Å². The lowest BCUT2D eigenvalue weighted by Gasteiger charge is -2.09. The molecule has 8 heteroatoms. The number of benzene rings is 2. The van der Waals surface area contributed by atoms with Crippen LogP contribution in [0.15, 0.2) is 53.4 Å². The van der Waals surface area contributed by atoms with Crippen LogP contribution in [-0.4, -0.2) is 18.1 Å². The molecule has 0 aliphatic heterocycles. The first-order valence-corrected chi connectivity index (χ1v) is 7.86. The van der Waals surface area contributed by atoms with Crippen molar-refractivity contribution >= 4 is 23.5 Å². The van der Waals surface area contributed by atoms with Gasteiger partial charge in [0.1, 0.15) is 11.5 Å². The molecule has 0 aliphatic carbocycles. The molecule has 0 saturated heterocycles. The number of urea groups is 1. The van der Waals surface area contributed by atoms with Crippen molar-refractivity contribution in [3.8, 4) is 11.5 Å². The minimum absolute atomic E-state index is 0.0938. The summed E-state index contributed by atoms with van der Waals surface area (Å²) in [5.41, 5.74) is -3.71. The second-order valence-electron chi connectivity index (χ2n) is 4.63. The molecule has 0 saturated carbocycles. The molecule has 0 unspecified atom stereocenters. The van der Waals surface area contributed by atoms with Gasteiger partial charge in [-0.15, -0.1) is 0 Å². The van der Waals surface area contributed by atoms with Gasteiger partial charge in [0.2, 0.25) is 0 Å². The fourth-order valence-corrected chi connectivity index (χ4v) is 2.33. The minimum atomic E-state index is -4.31. The Morgan fingerprint density at radius 2 is 1.58 bits per heavy atom. The van der Waals surface area contributed by atoms with Gasteiger partial charge >= 0.3 is 11.5 Å². The number of amides is 2. The average molecular weight is 356 g/mol. The number of hydrogen-bond donors (Lipinski definition) is 2. The van der Waals surface area contributed by atoms with Crippen molar-refractivity contribution in [2.24, 2.45) is 0 Å². The SMILES string of the molecule is CCNC(=O)Nc1ccc(Oc2ccc(SC(F)(F)F)cc2)cc1. The highest BCUT2D eigenvalue weighted by Crippen LogP contribution is 2.37. The maximum Gasteiger partial charge on any atom is 0.446 e. The molecule has 2 N–H and O–H groups in total. The number of halogens is 3. The van der Waals surface area contributed by atoms with Crippen LogP contribution in [0.5, 0.6) is 11.5 Å². The second kappa shape index (κ2) is 7.96. The Balaban J connectivity index is 1.95. The van der Waals surface area contributed by atoms with Gasteiger partial charge in [-0.3, -0.25) is 0 Å². The van der Waals surface area contributed by atoms with E-state index in [1.54, 1.807) is 24.3 Å². The molecule has 0 heterocycles. The third kappa shape index (κ3) is 6.04. The molecule has 128 valence electrons. The maximum absolute atomic E-state index is 12.3. The summed E-state index contributed by atoms with van der Waals surface area (Å²) in [6, 6.07) is 12.0. The highest BCUT2D eigenvalue weighted by molar-refractivity contribution is 8.00. The lowest BCUT2D eigenvalue weighted by molar-refractivity contribution is -0.0328. The number of hydrogen-bond acceptors (Lipinski definition) is 3. The quantitative estimate of drug-likeness (QED) is 0.721. The second-order valence-corrected chi connectivity index (χ2v) is 5.77. The highest BCUT2D eigenvalue weighted by Gasteiger charge is 2.29. The van der Waals surface area contributed by atoms with E-state index in [2.05, 4.69) is 10.6 Å². The topological polar surface area (TPSA) is 50.4 Å². The molecule has 2 rings (SSSR count). The van der Waals surface area contributed by atoms with E-state index in [0.29, 0.717) is 23.7 Å². The summed E-state index contributed by atoms with van der Waals surface area (Å²) in [7, 11) is 0. The van der Waals surface area contributed by atoms with E-state index in [0.717, 1.165) is 0 Å². The summed E-state index contributed by atoms with van der Waals surface area (Å²) in [5.74, 6) is 0.929. The predicted molar refractivity (Wildman–Crippen MR) is 87.6 cm³/mol. The summed E-state index contributed by atoms with van der Waals surface area (Å²) in [4.78, 5) is 11.5. The van der Waals surface area contributed by atoms with E-state index < -0.39 is 5.51 Å². The van der Waals surface area contributed by atoms with Gasteiger partial charge in [0.25, 0.3) is 0 Å². The zero-order chi connectivity index (χ0) is 17.6. The van der Waals surface area contributed by atoms with Gasteiger partial charge in [-0.25, -0.2) is 4.79 Å². The van der Waals surface area contributed by atoms with Gasteiger partial charge in [-0.05, 0) is 67.2 Å². The molecule has 0 aliphatic rings. The van der Waals surface area contributed by atoms with Crippen molar-refractivity contribution in [2.75, 3.05) is 11.9 Å². The van der Waals surface area contributed by atoms with Gasteiger partial charge in [0, 0.05) is 17.1 Å². The first kappa shape index (κ1) is 18.0. The van der Waals surface area contributed by atoms with E-state index >= 15 is 0 Å². The first-order chi connectivity index (χ1) is 11.4. The van der Waals surface area contributed by atoms with Crippen molar-refractivity contribution in [1.82, 2.24) is 5.32 Å². The molecule has 0 radical (unpaired) electrons. The number of carbonyl (C=O) groups excluding carboxylic acids is 1. The fourth-order valence-electron chi connectivity index (χ4n) is 1.79. The molecular weight excluding hydrogens is 341 g/mol. The van der Waals surface area contributed by atoms with E-state index in [1.165, 1.54) is 24.3 Å². The lowest BCUT2D eigenvalue weighted by atomic mass is 10.3. The monoisotopic (exact) mass is 356 g/mol. The van der Waals surface area contributed by atoms with Crippen LogP contribution in [0.2, 0.25) is 0 Å². The zero-order valence-corrected chi connectivity index (χ0v) is 13.5. The molecule has 0 spiro atoms. The van der Waals surface area contributed by atoms with Gasteiger partial charge in [-0.2, -0.15) is 13.2 Å². The molecule has 0 fully saturated rings. The number of carbonyl (C=O) groups is 1. The van der Waals surface area contributed by atoms with Crippen LogP contribution in [0, 0.1) is 0 Å². The van der Waals surface area contributed by atoms with E-state index in [-0.39, 0.29) is 22.7 Å². The average Bonchev–Trinajstić information content (AvgIpc) is 2.50. The largest absolute Gasteiger partial charge is 0.457 e. The predicted octanol–water partition coefficient (Wildman–Crippen LogP) is 5.23. The van der Waals surface area contributed by atoms with Gasteiger partial charge in [0.15, 0.2) is 0 Å². The third-order valence-electron chi connectivity index (χ3n) is 2.74. The molecular formula is C16H15F3N2O2S. The summed E-state index contributed by atoms with van der Waals surface area (Å²) >= 11 is -0.174. The van der Waals surface area contributed by atoms with Crippen LogP contribution in [0.3, 0.4) is 0 Å². The highest BCUT2D eigenvalue weighted by atomic mass is 32.2. The van der Waals surface area contributed by atoms with Crippen molar-refractivity contribution in [1.29, 1.82) is 0 Å². The summed E-state index contributed by atoms with van der Waals surface area (Å²) < 4.78 is 42.3. The standard InChI is InChI=1S/C16H15F3N2O2S/c1-2-20-15(22)21-11-3-5-12(6-4-11)23-13-7-9-14(10-8-13)24-16(17,18)19/h3-10H,2H2,1H3,(H2,20,21,22). The molecule has 2 aromatic rings. The molecule has 4 nitrogen and oxygen atoms in total. The molecule has 0 atom stereocenters. The van der Waals surface area contributed by atoms with Gasteiger partial charge in [0.05, 0.1) is 0 Å². The smallest absolute Gasteiger partial charge is 0.446 e. The molecule has 2 amide bonds. The van der Waals surface area contributed by atoms with Crippen molar-refractivity contribution < 1.29 is 22.7 Å². The van der Waals surface area contributed by atoms with Gasteiger partial charge in [-0.1, -0.05) is 0 Å². The van der Waals surface area contributed by atoms with Gasteiger partial charge < -0.3 is 15.4 Å². The van der Waals surface area contributed by atoms with Crippen LogP contribution in [0.4, 0.5) is 23.7 Å². The third-order valence-corrected chi connectivity index (χ3v) is 3.48. The fraction of sp³-hybridized carbons (Fsp3) is 0.188. The van der Waals surface area contributed by atoms with Crippen LogP contribution < -0.4 is 15.4 Å². The molecule has 0 aromatic heterocycles. The normalized spacial score (nSPS) is 11.0. The van der Waals surface area contributed by atoms with Crippen molar-refractivity contribution in [3.63, 3.8) is 0 Å². The Kier molecular flexibility index (Phi) is 5.97. The van der Waals surface area contributed by atoms with Crippen LogP contribution in [0.25, 0.3) is 0 Å². The number of alkyl halides is 3. The number of thioether (sulfide) groups is 1.